The molecule has 0 saturated carbocycles. The van der Waals surface area contributed by atoms with Crippen molar-refractivity contribution in [3.8, 4) is 11.5 Å². The summed E-state index contributed by atoms with van der Waals surface area (Å²) in [6, 6.07) is 5.31. The first-order valence-corrected chi connectivity index (χ1v) is 4.33. The van der Waals surface area contributed by atoms with Crippen molar-refractivity contribution in [1.82, 2.24) is 0 Å². The second kappa shape index (κ2) is 5.29. The Bertz CT molecular complexity index is 307. The third kappa shape index (κ3) is 2.50. The van der Waals surface area contributed by atoms with E-state index in [0.717, 1.165) is 5.56 Å². The minimum Gasteiger partial charge on any atom is -0.493 e. The van der Waals surface area contributed by atoms with Gasteiger partial charge in [-0.25, -0.2) is 0 Å². The van der Waals surface area contributed by atoms with Crippen molar-refractivity contribution in [2.24, 2.45) is 0 Å². The molecule has 0 amide bonds. The van der Waals surface area contributed by atoms with Crippen molar-refractivity contribution in [3.05, 3.63) is 36.4 Å². The zero-order valence-corrected chi connectivity index (χ0v) is 8.19. The molecule has 1 rings (SSSR count). The normalized spacial score (nSPS) is 9.57. The quantitative estimate of drug-likeness (QED) is 0.726. The molecule has 3 nitrogen and oxygen atoms in total. The lowest BCUT2D eigenvalue weighted by atomic mass is 10.2. The average Bonchev–Trinajstić information content (AvgIpc) is 2.25. The molecule has 3 heteroatoms. The van der Waals surface area contributed by atoms with E-state index in [2.05, 4.69) is 6.58 Å². The van der Waals surface area contributed by atoms with Gasteiger partial charge >= 0.3 is 0 Å². The van der Waals surface area contributed by atoms with Crippen LogP contribution >= 0.6 is 0 Å². The molecule has 0 heterocycles. The number of hydrogen-bond donors (Lipinski definition) is 1. The number of rotatable bonds is 5. The molecule has 0 fully saturated rings. The Kier molecular flexibility index (Phi) is 4.01. The van der Waals surface area contributed by atoms with Crippen molar-refractivity contribution in [3.63, 3.8) is 0 Å². The molecule has 0 spiro atoms. The predicted octanol–water partition coefficient (Wildman–Crippen LogP) is 1.75. The number of aliphatic hydroxyl groups excluding tert-OH is 1. The summed E-state index contributed by atoms with van der Waals surface area (Å²) in [5.41, 5.74) is 0.796. The molecule has 0 aliphatic rings. The third-order valence-corrected chi connectivity index (χ3v) is 1.77. The van der Waals surface area contributed by atoms with Gasteiger partial charge in [-0.05, 0) is 17.7 Å². The van der Waals surface area contributed by atoms with Gasteiger partial charge in [0.05, 0.1) is 13.7 Å². The zero-order chi connectivity index (χ0) is 10.4. The second-order valence-electron chi connectivity index (χ2n) is 2.74. The molecule has 76 valence electrons. The Morgan fingerprint density at radius 2 is 2.21 bits per heavy atom. The smallest absolute Gasteiger partial charge is 0.161 e. The van der Waals surface area contributed by atoms with Crippen molar-refractivity contribution in [2.45, 2.75) is 6.61 Å². The number of hydrogen-bond acceptors (Lipinski definition) is 3. The Morgan fingerprint density at radius 1 is 1.43 bits per heavy atom. The monoisotopic (exact) mass is 194 g/mol. The van der Waals surface area contributed by atoms with Crippen LogP contribution in [0.2, 0.25) is 0 Å². The van der Waals surface area contributed by atoms with Crippen molar-refractivity contribution < 1.29 is 14.6 Å². The van der Waals surface area contributed by atoms with Gasteiger partial charge in [0.25, 0.3) is 0 Å². The fraction of sp³-hybridized carbons (Fsp3) is 0.273. The van der Waals surface area contributed by atoms with Gasteiger partial charge in [-0.3, -0.25) is 0 Å². The molecule has 14 heavy (non-hydrogen) atoms. The fourth-order valence-corrected chi connectivity index (χ4v) is 1.08. The van der Waals surface area contributed by atoms with Crippen molar-refractivity contribution in [1.29, 1.82) is 0 Å². The van der Waals surface area contributed by atoms with E-state index < -0.39 is 0 Å². The highest BCUT2D eigenvalue weighted by Crippen LogP contribution is 2.27. The van der Waals surface area contributed by atoms with Crippen LogP contribution in [0.25, 0.3) is 0 Å². The van der Waals surface area contributed by atoms with Crippen molar-refractivity contribution in [2.75, 3.05) is 13.7 Å². The molecule has 0 aliphatic carbocycles. The first-order chi connectivity index (χ1) is 6.81. The molecule has 1 aromatic carbocycles. The molecule has 0 aromatic heterocycles. The van der Waals surface area contributed by atoms with Crippen molar-refractivity contribution >= 4 is 0 Å². The standard InChI is InChI=1S/C11H14O3/c1-3-6-14-11-7-9(8-12)4-5-10(11)13-2/h3-5,7,12H,1,6,8H2,2H3. The minimum absolute atomic E-state index is 0.00551. The highest BCUT2D eigenvalue weighted by molar-refractivity contribution is 5.42. The summed E-state index contributed by atoms with van der Waals surface area (Å²) in [5, 5.41) is 8.93. The first kappa shape index (κ1) is 10.6. The maximum absolute atomic E-state index is 8.93. The molecule has 0 atom stereocenters. The van der Waals surface area contributed by atoms with Gasteiger partial charge in [-0.1, -0.05) is 18.7 Å². The van der Waals surface area contributed by atoms with Gasteiger partial charge in [0.2, 0.25) is 0 Å². The van der Waals surface area contributed by atoms with E-state index in [1.54, 1.807) is 31.4 Å². The lowest BCUT2D eigenvalue weighted by Crippen LogP contribution is -1.97. The van der Waals surface area contributed by atoms with Crippen LogP contribution in [-0.2, 0) is 6.61 Å². The maximum atomic E-state index is 8.93. The lowest BCUT2D eigenvalue weighted by Gasteiger charge is -2.10. The molecule has 0 unspecified atom stereocenters. The summed E-state index contributed by atoms with van der Waals surface area (Å²) in [5.74, 6) is 1.28. The third-order valence-electron chi connectivity index (χ3n) is 1.77. The topological polar surface area (TPSA) is 38.7 Å². The Labute approximate surface area is 83.6 Å². The number of aliphatic hydroxyl groups is 1. The zero-order valence-electron chi connectivity index (χ0n) is 8.19. The van der Waals surface area contributed by atoms with Gasteiger partial charge in [-0.2, -0.15) is 0 Å². The van der Waals surface area contributed by atoms with E-state index in [-0.39, 0.29) is 6.61 Å². The fourth-order valence-electron chi connectivity index (χ4n) is 1.08. The highest BCUT2D eigenvalue weighted by atomic mass is 16.5. The molecular formula is C11H14O3. The second-order valence-corrected chi connectivity index (χ2v) is 2.74. The predicted molar refractivity (Wildman–Crippen MR) is 54.6 cm³/mol. The molecule has 0 radical (unpaired) electrons. The van der Waals surface area contributed by atoms with E-state index in [9.17, 15) is 0 Å². The SMILES string of the molecule is C=CCOc1cc(CO)ccc1OC. The van der Waals surface area contributed by atoms with E-state index in [1.165, 1.54) is 0 Å². The van der Waals surface area contributed by atoms with Crippen LogP contribution < -0.4 is 9.47 Å². The minimum atomic E-state index is -0.00551. The van der Waals surface area contributed by atoms with Crippen LogP contribution in [0, 0.1) is 0 Å². The molecule has 0 aliphatic heterocycles. The largest absolute Gasteiger partial charge is 0.493 e. The molecule has 1 N–H and O–H groups in total. The van der Waals surface area contributed by atoms with Crippen LogP contribution in [0.4, 0.5) is 0 Å². The summed E-state index contributed by atoms with van der Waals surface area (Å²) in [6.45, 7) is 3.97. The van der Waals surface area contributed by atoms with Gasteiger partial charge in [0, 0.05) is 0 Å². The number of methoxy groups -OCH3 is 1. The number of ether oxygens (including phenoxy) is 2. The van der Waals surface area contributed by atoms with Crippen LogP contribution in [0.15, 0.2) is 30.9 Å². The van der Waals surface area contributed by atoms with Gasteiger partial charge < -0.3 is 14.6 Å². The summed E-state index contributed by atoms with van der Waals surface area (Å²) in [6.07, 6.45) is 1.66. The summed E-state index contributed by atoms with van der Waals surface area (Å²) >= 11 is 0. The number of benzene rings is 1. The Morgan fingerprint density at radius 3 is 2.79 bits per heavy atom. The summed E-state index contributed by atoms with van der Waals surface area (Å²) in [7, 11) is 1.58. The van der Waals surface area contributed by atoms with Crippen LogP contribution in [0.3, 0.4) is 0 Å². The Balaban J connectivity index is 2.89. The average molecular weight is 194 g/mol. The first-order valence-electron chi connectivity index (χ1n) is 4.33. The molecule has 1 aromatic rings. The van der Waals surface area contributed by atoms with Gasteiger partial charge in [-0.15, -0.1) is 0 Å². The van der Waals surface area contributed by atoms with E-state index in [4.69, 9.17) is 14.6 Å². The van der Waals surface area contributed by atoms with Crippen LogP contribution in [0.1, 0.15) is 5.56 Å². The van der Waals surface area contributed by atoms with Gasteiger partial charge in [0.15, 0.2) is 11.5 Å². The molecule has 0 saturated heterocycles. The van der Waals surface area contributed by atoms with E-state index in [0.29, 0.717) is 18.1 Å². The van der Waals surface area contributed by atoms with E-state index in [1.807, 2.05) is 0 Å². The Hall–Kier alpha value is -1.48. The summed E-state index contributed by atoms with van der Waals surface area (Å²) in [4.78, 5) is 0. The molecular weight excluding hydrogens is 180 g/mol. The van der Waals surface area contributed by atoms with Crippen LogP contribution in [0.5, 0.6) is 11.5 Å². The van der Waals surface area contributed by atoms with E-state index >= 15 is 0 Å². The maximum Gasteiger partial charge on any atom is 0.161 e. The highest BCUT2D eigenvalue weighted by Gasteiger charge is 2.04. The lowest BCUT2D eigenvalue weighted by molar-refractivity contribution is 0.279. The van der Waals surface area contributed by atoms with Crippen LogP contribution in [-0.4, -0.2) is 18.8 Å². The molecule has 0 bridgehead atoms. The van der Waals surface area contributed by atoms with Gasteiger partial charge in [0.1, 0.15) is 6.61 Å². The summed E-state index contributed by atoms with van der Waals surface area (Å²) < 4.78 is 10.5.